The van der Waals surface area contributed by atoms with Crippen LogP contribution >= 0.6 is 11.3 Å². The number of fused-ring (bicyclic) bond motifs is 3. The first-order valence-corrected chi connectivity index (χ1v) is 8.28. The number of rotatable bonds is 2. The van der Waals surface area contributed by atoms with Gasteiger partial charge in [-0.2, -0.15) is 0 Å². The second kappa shape index (κ2) is 5.47. The van der Waals surface area contributed by atoms with E-state index in [1.165, 1.54) is 17.4 Å². The maximum Gasteiger partial charge on any atom is 0.266 e. The molecule has 0 radical (unpaired) electrons. The van der Waals surface area contributed by atoms with Crippen molar-refractivity contribution in [3.63, 3.8) is 0 Å². The quantitative estimate of drug-likeness (QED) is 0.758. The molecule has 2 N–H and O–H groups in total. The topological polar surface area (TPSA) is 54.1 Å². The number of H-pyrrole nitrogens is 1. The summed E-state index contributed by atoms with van der Waals surface area (Å²) in [5.41, 5.74) is 1.99. The van der Waals surface area contributed by atoms with Crippen LogP contribution in [0.1, 0.15) is 12.0 Å². The second-order valence-corrected chi connectivity index (χ2v) is 6.40. The standard InChI is InChI=1S/C17H15FN2O2S/c1-22-12-8-11(18)15-14(13(12)9-2-5-19-6-3-9)10-4-7-23-16(10)17(21)20-15/h2,4,7-8,19H,3,5-6H2,1H3,(H,20,21). The minimum absolute atomic E-state index is 0.246. The van der Waals surface area contributed by atoms with Gasteiger partial charge in [0.15, 0.2) is 5.82 Å². The van der Waals surface area contributed by atoms with Crippen LogP contribution in [0, 0.1) is 5.82 Å². The maximum atomic E-state index is 14.5. The van der Waals surface area contributed by atoms with Crippen LogP contribution in [-0.4, -0.2) is 25.2 Å². The first-order valence-electron chi connectivity index (χ1n) is 7.40. The number of hydrogen-bond donors (Lipinski definition) is 2. The number of aromatic nitrogens is 1. The number of aromatic amines is 1. The van der Waals surface area contributed by atoms with Crippen molar-refractivity contribution in [1.82, 2.24) is 10.3 Å². The van der Waals surface area contributed by atoms with Gasteiger partial charge in [-0.25, -0.2) is 4.39 Å². The van der Waals surface area contributed by atoms with Crippen LogP contribution in [-0.2, 0) is 0 Å². The molecule has 0 bridgehead atoms. The first kappa shape index (κ1) is 14.4. The Morgan fingerprint density at radius 1 is 1.39 bits per heavy atom. The number of halogens is 1. The molecule has 2 aromatic heterocycles. The van der Waals surface area contributed by atoms with E-state index in [4.69, 9.17) is 4.74 Å². The van der Waals surface area contributed by atoms with Crippen molar-refractivity contribution >= 4 is 37.9 Å². The third kappa shape index (κ3) is 2.17. The van der Waals surface area contributed by atoms with Gasteiger partial charge in [-0.05, 0) is 30.0 Å². The van der Waals surface area contributed by atoms with E-state index in [2.05, 4.69) is 16.4 Å². The number of benzene rings is 1. The van der Waals surface area contributed by atoms with Crippen molar-refractivity contribution in [2.75, 3.05) is 20.2 Å². The lowest BCUT2D eigenvalue weighted by molar-refractivity contribution is 0.411. The van der Waals surface area contributed by atoms with Gasteiger partial charge in [0.1, 0.15) is 10.4 Å². The highest BCUT2D eigenvalue weighted by Gasteiger charge is 2.21. The maximum absolute atomic E-state index is 14.5. The molecule has 118 valence electrons. The molecule has 4 rings (SSSR count). The Hall–Kier alpha value is -2.18. The van der Waals surface area contributed by atoms with Gasteiger partial charge >= 0.3 is 0 Å². The molecule has 3 aromatic rings. The van der Waals surface area contributed by atoms with Gasteiger partial charge in [0.25, 0.3) is 5.56 Å². The van der Waals surface area contributed by atoms with Crippen LogP contribution in [0.25, 0.3) is 26.6 Å². The zero-order chi connectivity index (χ0) is 16.0. The van der Waals surface area contributed by atoms with Crippen LogP contribution in [0.3, 0.4) is 0 Å². The predicted molar refractivity (Wildman–Crippen MR) is 91.9 cm³/mol. The van der Waals surface area contributed by atoms with E-state index in [9.17, 15) is 9.18 Å². The van der Waals surface area contributed by atoms with Gasteiger partial charge < -0.3 is 15.0 Å². The van der Waals surface area contributed by atoms with E-state index in [1.807, 2.05) is 11.4 Å². The molecule has 4 nitrogen and oxygen atoms in total. The average Bonchev–Trinajstić information content (AvgIpc) is 3.06. The Morgan fingerprint density at radius 3 is 3.00 bits per heavy atom. The van der Waals surface area contributed by atoms with E-state index < -0.39 is 5.82 Å². The molecule has 0 spiro atoms. The molecule has 23 heavy (non-hydrogen) atoms. The summed E-state index contributed by atoms with van der Waals surface area (Å²) in [5.74, 6) is 0.0306. The fourth-order valence-corrected chi connectivity index (χ4v) is 4.00. The minimum atomic E-state index is -0.472. The van der Waals surface area contributed by atoms with Crippen molar-refractivity contribution in [1.29, 1.82) is 0 Å². The van der Waals surface area contributed by atoms with Gasteiger partial charge in [0, 0.05) is 28.9 Å². The molecule has 3 heterocycles. The summed E-state index contributed by atoms with van der Waals surface area (Å²) in [6.45, 7) is 1.64. The van der Waals surface area contributed by atoms with E-state index in [1.54, 1.807) is 7.11 Å². The lowest BCUT2D eigenvalue weighted by Crippen LogP contribution is -2.20. The van der Waals surface area contributed by atoms with Crippen molar-refractivity contribution in [2.45, 2.75) is 6.42 Å². The van der Waals surface area contributed by atoms with Crippen molar-refractivity contribution in [2.24, 2.45) is 0 Å². The zero-order valence-corrected chi connectivity index (χ0v) is 13.3. The Balaban J connectivity index is 2.22. The minimum Gasteiger partial charge on any atom is -0.496 e. The molecule has 0 atom stereocenters. The average molecular weight is 330 g/mol. The number of hydrogen-bond acceptors (Lipinski definition) is 4. The molecule has 0 amide bonds. The van der Waals surface area contributed by atoms with Gasteiger partial charge in [0.05, 0.1) is 12.6 Å². The monoisotopic (exact) mass is 330 g/mol. The molecule has 0 saturated heterocycles. The second-order valence-electron chi connectivity index (χ2n) is 5.49. The first-order chi connectivity index (χ1) is 11.2. The molecular formula is C17H15FN2O2S. The Labute approximate surface area is 135 Å². The Morgan fingerprint density at radius 2 is 2.26 bits per heavy atom. The molecular weight excluding hydrogens is 315 g/mol. The van der Waals surface area contributed by atoms with Gasteiger partial charge in [-0.15, -0.1) is 11.3 Å². The fourth-order valence-electron chi connectivity index (χ4n) is 3.20. The zero-order valence-electron chi connectivity index (χ0n) is 12.5. The normalized spacial score (nSPS) is 15.1. The summed E-state index contributed by atoms with van der Waals surface area (Å²) in [5, 5.41) is 6.64. The van der Waals surface area contributed by atoms with Crippen LogP contribution < -0.4 is 15.6 Å². The van der Waals surface area contributed by atoms with Crippen LogP contribution in [0.5, 0.6) is 5.75 Å². The van der Waals surface area contributed by atoms with E-state index in [0.29, 0.717) is 10.4 Å². The van der Waals surface area contributed by atoms with E-state index in [0.717, 1.165) is 41.4 Å². The van der Waals surface area contributed by atoms with Gasteiger partial charge in [-0.1, -0.05) is 6.08 Å². The fraction of sp³-hybridized carbons (Fsp3) is 0.235. The summed E-state index contributed by atoms with van der Waals surface area (Å²) in [7, 11) is 1.54. The molecule has 6 heteroatoms. The SMILES string of the molecule is COc1cc(F)c2[nH]c(=O)c3sccc3c2c1C1=CCNCC1. The van der Waals surface area contributed by atoms with Gasteiger partial charge in [0.2, 0.25) is 0 Å². The summed E-state index contributed by atoms with van der Waals surface area (Å²) in [6, 6.07) is 3.23. The van der Waals surface area contributed by atoms with Crippen molar-refractivity contribution in [3.8, 4) is 5.75 Å². The molecule has 0 saturated carbocycles. The third-order valence-corrected chi connectivity index (χ3v) is 5.14. The molecule has 0 fully saturated rings. The summed E-state index contributed by atoms with van der Waals surface area (Å²) in [6.07, 6.45) is 2.93. The predicted octanol–water partition coefficient (Wildman–Crippen LogP) is 3.27. The van der Waals surface area contributed by atoms with E-state index in [-0.39, 0.29) is 11.1 Å². The highest BCUT2D eigenvalue weighted by atomic mass is 32.1. The summed E-state index contributed by atoms with van der Waals surface area (Å²) >= 11 is 1.36. The van der Waals surface area contributed by atoms with Crippen molar-refractivity contribution in [3.05, 3.63) is 45.3 Å². The molecule has 1 aliphatic heterocycles. The van der Waals surface area contributed by atoms with Crippen LogP contribution in [0.15, 0.2) is 28.4 Å². The summed E-state index contributed by atoms with van der Waals surface area (Å²) in [4.78, 5) is 14.9. The van der Waals surface area contributed by atoms with Gasteiger partial charge in [-0.3, -0.25) is 4.79 Å². The lowest BCUT2D eigenvalue weighted by atomic mass is 9.93. The number of methoxy groups -OCH3 is 1. The smallest absolute Gasteiger partial charge is 0.266 e. The van der Waals surface area contributed by atoms with Crippen LogP contribution in [0.4, 0.5) is 4.39 Å². The number of nitrogens with one attached hydrogen (secondary N) is 2. The number of ether oxygens (including phenoxy) is 1. The molecule has 1 aliphatic rings. The number of thiophene rings is 1. The lowest BCUT2D eigenvalue weighted by Gasteiger charge is -2.19. The highest BCUT2D eigenvalue weighted by molar-refractivity contribution is 7.17. The molecule has 0 unspecified atom stereocenters. The van der Waals surface area contributed by atoms with E-state index >= 15 is 0 Å². The molecule has 0 aliphatic carbocycles. The van der Waals surface area contributed by atoms with Crippen LogP contribution in [0.2, 0.25) is 0 Å². The summed E-state index contributed by atoms with van der Waals surface area (Å²) < 4.78 is 20.6. The highest BCUT2D eigenvalue weighted by Crippen LogP contribution is 2.40. The largest absolute Gasteiger partial charge is 0.496 e. The molecule has 1 aromatic carbocycles. The Bertz CT molecular complexity index is 1000. The van der Waals surface area contributed by atoms with Crippen molar-refractivity contribution < 1.29 is 9.13 Å². The number of pyridine rings is 1. The third-order valence-electron chi connectivity index (χ3n) is 4.23. The Kier molecular flexibility index (Phi) is 3.43.